The zero-order valence-electron chi connectivity index (χ0n) is 21.2. The zero-order valence-corrected chi connectivity index (χ0v) is 21.2. The van der Waals surface area contributed by atoms with E-state index in [9.17, 15) is 4.79 Å². The number of rotatable bonds is 7. The molecule has 5 nitrogen and oxygen atoms in total. The number of ketones is 1. The predicted octanol–water partition coefficient (Wildman–Crippen LogP) is 7.24. The summed E-state index contributed by atoms with van der Waals surface area (Å²) < 4.78 is 11.9. The molecule has 1 heterocycles. The zero-order chi connectivity index (χ0) is 25.1. The van der Waals surface area contributed by atoms with E-state index in [0.29, 0.717) is 13.0 Å². The molecule has 1 aliphatic carbocycles. The van der Waals surface area contributed by atoms with Crippen LogP contribution >= 0.6 is 0 Å². The Labute approximate surface area is 213 Å². The molecule has 3 aromatic rings. The van der Waals surface area contributed by atoms with Gasteiger partial charge in [0, 0.05) is 23.3 Å². The van der Waals surface area contributed by atoms with Crippen molar-refractivity contribution < 1.29 is 14.3 Å². The largest absolute Gasteiger partial charge is 0.494 e. The van der Waals surface area contributed by atoms with Crippen LogP contribution in [0.4, 0.5) is 11.4 Å². The van der Waals surface area contributed by atoms with Crippen LogP contribution in [0.1, 0.15) is 63.1 Å². The Morgan fingerprint density at radius 2 is 1.64 bits per heavy atom. The number of hydrogen-bond donors (Lipinski definition) is 2. The van der Waals surface area contributed by atoms with E-state index >= 15 is 0 Å². The summed E-state index contributed by atoms with van der Waals surface area (Å²) in [5.74, 6) is 1.94. The number of fused-ring (bicyclic) bond motifs is 1. The van der Waals surface area contributed by atoms with E-state index in [-0.39, 0.29) is 23.8 Å². The van der Waals surface area contributed by atoms with Crippen LogP contribution in [0.25, 0.3) is 0 Å². The fraction of sp³-hybridized carbons (Fsp3) is 0.323. The van der Waals surface area contributed by atoms with Crippen LogP contribution in [-0.2, 0) is 4.79 Å². The normalized spacial score (nSPS) is 19.8. The molecule has 36 heavy (non-hydrogen) atoms. The van der Waals surface area contributed by atoms with Gasteiger partial charge in [0.2, 0.25) is 0 Å². The van der Waals surface area contributed by atoms with Gasteiger partial charge in [0.05, 0.1) is 30.1 Å². The van der Waals surface area contributed by atoms with Crippen LogP contribution < -0.4 is 20.1 Å². The highest BCUT2D eigenvalue weighted by Gasteiger charge is 2.37. The smallest absolute Gasteiger partial charge is 0.163 e. The summed E-state index contributed by atoms with van der Waals surface area (Å²) in [6.45, 7) is 6.81. The highest BCUT2D eigenvalue weighted by molar-refractivity contribution is 6.01. The minimum atomic E-state index is -0.301. The van der Waals surface area contributed by atoms with Crippen molar-refractivity contribution in [3.05, 3.63) is 95.2 Å². The third-order valence-corrected chi connectivity index (χ3v) is 7.10. The molecule has 0 amide bonds. The molecule has 186 valence electrons. The first-order chi connectivity index (χ1) is 17.6. The topological polar surface area (TPSA) is 59.6 Å². The van der Waals surface area contributed by atoms with Gasteiger partial charge < -0.3 is 20.1 Å². The highest BCUT2D eigenvalue weighted by Crippen LogP contribution is 2.46. The van der Waals surface area contributed by atoms with Crippen LogP contribution in [0.15, 0.2) is 84.1 Å². The summed E-state index contributed by atoms with van der Waals surface area (Å²) in [5.41, 5.74) is 5.87. The molecule has 1 aliphatic heterocycles. The highest BCUT2D eigenvalue weighted by atomic mass is 16.5. The van der Waals surface area contributed by atoms with E-state index in [1.165, 1.54) is 0 Å². The molecule has 5 heteroatoms. The number of nitrogens with one attached hydrogen (secondary N) is 2. The molecular weight excluding hydrogens is 448 g/mol. The van der Waals surface area contributed by atoms with E-state index in [4.69, 9.17) is 9.47 Å². The standard InChI is InChI=1S/C31H34N2O3/c1-4-20(3)36-29-13-9-6-10-24(29)31-30-27(32-25-11-7-8-12-26(25)33-31)18-22(19-28(30)34)21-14-16-23(17-15-21)35-5-2/h6-17,20,22,31-33H,4-5,18-19H2,1-3H3. The van der Waals surface area contributed by atoms with Crippen molar-refractivity contribution >= 4 is 17.2 Å². The number of allylic oxidation sites excluding steroid dienone is 1. The van der Waals surface area contributed by atoms with Gasteiger partial charge in [0.15, 0.2) is 5.78 Å². The lowest BCUT2D eigenvalue weighted by Gasteiger charge is -2.31. The van der Waals surface area contributed by atoms with Crippen molar-refractivity contribution in [3.8, 4) is 11.5 Å². The van der Waals surface area contributed by atoms with Gasteiger partial charge in [-0.3, -0.25) is 4.79 Å². The quantitative estimate of drug-likeness (QED) is 0.372. The lowest BCUT2D eigenvalue weighted by molar-refractivity contribution is -0.116. The van der Waals surface area contributed by atoms with Crippen molar-refractivity contribution in [1.82, 2.24) is 0 Å². The second-order valence-corrected chi connectivity index (χ2v) is 9.55. The molecule has 0 bridgehead atoms. The number of Topliss-reactive ketones (excluding diaryl/α,β-unsaturated/α-hetero) is 1. The molecule has 0 saturated heterocycles. The van der Waals surface area contributed by atoms with Crippen LogP contribution in [-0.4, -0.2) is 18.5 Å². The van der Waals surface area contributed by atoms with Crippen LogP contribution in [0.2, 0.25) is 0 Å². The summed E-state index contributed by atoms with van der Waals surface area (Å²) in [4.78, 5) is 13.9. The van der Waals surface area contributed by atoms with Crippen molar-refractivity contribution in [3.63, 3.8) is 0 Å². The van der Waals surface area contributed by atoms with E-state index in [1.54, 1.807) is 0 Å². The van der Waals surface area contributed by atoms with E-state index in [0.717, 1.165) is 58.1 Å². The second kappa shape index (κ2) is 10.5. The number of hydrogen-bond acceptors (Lipinski definition) is 5. The lowest BCUT2D eigenvalue weighted by Crippen LogP contribution is -2.27. The van der Waals surface area contributed by atoms with E-state index in [2.05, 4.69) is 54.8 Å². The fourth-order valence-electron chi connectivity index (χ4n) is 5.09. The summed E-state index contributed by atoms with van der Waals surface area (Å²) in [6, 6.07) is 24.1. The van der Waals surface area contributed by atoms with E-state index < -0.39 is 0 Å². The van der Waals surface area contributed by atoms with E-state index in [1.807, 2.05) is 49.4 Å². The average molecular weight is 483 g/mol. The number of carbonyl (C=O) groups excluding carboxylic acids is 1. The van der Waals surface area contributed by atoms with Gasteiger partial charge in [-0.15, -0.1) is 0 Å². The number of para-hydroxylation sites is 3. The van der Waals surface area contributed by atoms with Crippen molar-refractivity contribution in [1.29, 1.82) is 0 Å². The SMILES string of the molecule is CCOc1ccc(C2CC(=O)C3=C(C2)Nc2ccccc2NC3c2ccccc2OC(C)CC)cc1. The predicted molar refractivity (Wildman–Crippen MR) is 145 cm³/mol. The minimum Gasteiger partial charge on any atom is -0.494 e. The molecule has 0 radical (unpaired) electrons. The number of benzene rings is 3. The van der Waals surface area contributed by atoms with Gasteiger partial charge in [-0.05, 0) is 68.5 Å². The monoisotopic (exact) mass is 482 g/mol. The van der Waals surface area contributed by atoms with Gasteiger partial charge in [-0.2, -0.15) is 0 Å². The summed E-state index contributed by atoms with van der Waals surface area (Å²) in [5, 5.41) is 7.30. The maximum Gasteiger partial charge on any atom is 0.163 e. The van der Waals surface area contributed by atoms with Crippen LogP contribution in [0.3, 0.4) is 0 Å². The first-order valence-corrected chi connectivity index (χ1v) is 12.9. The van der Waals surface area contributed by atoms with Gasteiger partial charge in [0.1, 0.15) is 11.5 Å². The Morgan fingerprint density at radius 1 is 0.917 bits per heavy atom. The second-order valence-electron chi connectivity index (χ2n) is 9.55. The number of anilines is 2. The van der Waals surface area contributed by atoms with Gasteiger partial charge in [-0.25, -0.2) is 0 Å². The summed E-state index contributed by atoms with van der Waals surface area (Å²) in [6.07, 6.45) is 2.22. The van der Waals surface area contributed by atoms with Crippen LogP contribution in [0.5, 0.6) is 11.5 Å². The molecular formula is C31H34N2O3. The first kappa shape index (κ1) is 24.0. The summed E-state index contributed by atoms with van der Waals surface area (Å²) >= 11 is 0. The van der Waals surface area contributed by atoms with Crippen molar-refractivity contribution in [2.24, 2.45) is 0 Å². The molecule has 3 atom stereocenters. The molecule has 0 spiro atoms. The van der Waals surface area contributed by atoms with Crippen LogP contribution in [0, 0.1) is 0 Å². The molecule has 0 fully saturated rings. The molecule has 3 unspecified atom stereocenters. The number of carbonyl (C=O) groups is 1. The van der Waals surface area contributed by atoms with Crippen molar-refractivity contribution in [2.75, 3.05) is 17.2 Å². The Hall–Kier alpha value is -3.73. The molecule has 2 N–H and O–H groups in total. The Balaban J connectivity index is 1.56. The van der Waals surface area contributed by atoms with Gasteiger partial charge in [-0.1, -0.05) is 49.4 Å². The third kappa shape index (κ3) is 4.83. The third-order valence-electron chi connectivity index (χ3n) is 7.10. The molecule has 5 rings (SSSR count). The van der Waals surface area contributed by atoms with Gasteiger partial charge >= 0.3 is 0 Å². The first-order valence-electron chi connectivity index (χ1n) is 12.9. The lowest BCUT2D eigenvalue weighted by atomic mass is 9.78. The Morgan fingerprint density at radius 3 is 2.39 bits per heavy atom. The molecule has 0 saturated carbocycles. The molecule has 0 aromatic heterocycles. The Bertz CT molecular complexity index is 1260. The minimum absolute atomic E-state index is 0.0851. The molecule has 2 aliphatic rings. The van der Waals surface area contributed by atoms with Crippen molar-refractivity contribution in [2.45, 2.75) is 58.1 Å². The molecule has 3 aromatic carbocycles. The average Bonchev–Trinajstić information content (AvgIpc) is 3.06. The Kier molecular flexibility index (Phi) is 6.99. The van der Waals surface area contributed by atoms with Gasteiger partial charge in [0.25, 0.3) is 0 Å². The maximum atomic E-state index is 13.9. The number of ether oxygens (including phenoxy) is 2. The fourth-order valence-corrected chi connectivity index (χ4v) is 5.09. The summed E-state index contributed by atoms with van der Waals surface area (Å²) in [7, 11) is 0. The maximum absolute atomic E-state index is 13.9.